The lowest BCUT2D eigenvalue weighted by Crippen LogP contribution is -2.53. The first-order valence-electron chi connectivity index (χ1n) is 9.02. The molecule has 12 nitrogen and oxygen atoms in total. The molecule has 0 saturated carbocycles. The summed E-state index contributed by atoms with van der Waals surface area (Å²) >= 11 is 0. The van der Waals surface area contributed by atoms with Crippen molar-refractivity contribution in [2.45, 2.75) is 57.7 Å². The van der Waals surface area contributed by atoms with Crippen molar-refractivity contribution in [3.8, 4) is 0 Å². The highest BCUT2D eigenvalue weighted by Gasteiger charge is 2.60. The second-order valence-electron chi connectivity index (χ2n) is 6.81. The molecule has 1 aliphatic rings. The molecule has 30 heavy (non-hydrogen) atoms. The molecule has 0 aliphatic carbocycles. The van der Waals surface area contributed by atoms with Crippen molar-refractivity contribution >= 4 is 32.2 Å². The lowest BCUT2D eigenvalue weighted by Gasteiger charge is -2.33. The topological polar surface area (TPSA) is 158 Å². The molecule has 14 heteroatoms. The highest BCUT2D eigenvalue weighted by Crippen LogP contribution is 2.38. The first-order chi connectivity index (χ1) is 13.7. The highest BCUT2D eigenvalue weighted by molar-refractivity contribution is 7.86. The van der Waals surface area contributed by atoms with Gasteiger partial charge in [-0.05, 0) is 6.42 Å². The minimum atomic E-state index is -3.99. The predicted molar refractivity (Wildman–Crippen MR) is 101 cm³/mol. The van der Waals surface area contributed by atoms with E-state index in [9.17, 15) is 26.4 Å². The summed E-state index contributed by atoms with van der Waals surface area (Å²) < 4.78 is 77.7. The summed E-state index contributed by atoms with van der Waals surface area (Å²) in [6.07, 6.45) is -1.21. The minimum absolute atomic E-state index is 0.134. The maximum absolute atomic E-state index is 11.6. The monoisotopic (exact) mass is 476 g/mol. The van der Waals surface area contributed by atoms with E-state index < -0.39 is 69.5 Å². The number of rotatable bonds is 12. The van der Waals surface area contributed by atoms with Gasteiger partial charge in [-0.2, -0.15) is 16.8 Å². The number of ether oxygens (including phenoxy) is 4. The first kappa shape index (κ1) is 26.7. The molecule has 176 valence electrons. The van der Waals surface area contributed by atoms with Gasteiger partial charge in [0.25, 0.3) is 20.2 Å². The molecule has 0 bridgehead atoms. The van der Waals surface area contributed by atoms with Gasteiger partial charge in [0, 0.05) is 20.5 Å². The smallest absolute Gasteiger partial charge is 0.305 e. The molecule has 0 spiro atoms. The number of unbranched alkanes of at least 4 members (excludes halogenated alkanes) is 1. The van der Waals surface area contributed by atoms with Crippen LogP contribution in [0.4, 0.5) is 0 Å². The lowest BCUT2D eigenvalue weighted by molar-refractivity contribution is -0.211. The predicted octanol–water partition coefficient (Wildman–Crippen LogP) is -0.286. The maximum Gasteiger partial charge on any atom is 0.305 e. The van der Waals surface area contributed by atoms with Gasteiger partial charge in [-0.15, -0.1) is 0 Å². The Hall–Kier alpha value is -1.32. The van der Waals surface area contributed by atoms with E-state index in [1.807, 2.05) is 6.92 Å². The van der Waals surface area contributed by atoms with Crippen LogP contribution in [0.3, 0.4) is 0 Å². The number of hydrogen-bond donors (Lipinski definition) is 0. The Morgan fingerprint density at radius 1 is 0.933 bits per heavy atom. The van der Waals surface area contributed by atoms with Gasteiger partial charge in [0.15, 0.2) is 11.7 Å². The third-order valence-electron chi connectivity index (χ3n) is 3.85. The number of carbonyl (C=O) groups excluding carboxylic acids is 2. The third kappa shape index (κ3) is 8.81. The lowest BCUT2D eigenvalue weighted by atomic mass is 9.96. The summed E-state index contributed by atoms with van der Waals surface area (Å²) in [5.41, 5.74) is -1.89. The van der Waals surface area contributed by atoms with Crippen molar-refractivity contribution in [2.24, 2.45) is 0 Å². The van der Waals surface area contributed by atoms with Gasteiger partial charge in [0.05, 0.1) is 12.5 Å². The second kappa shape index (κ2) is 10.8. The van der Waals surface area contributed by atoms with Gasteiger partial charge in [-0.25, -0.2) is 0 Å². The molecule has 1 aliphatic heterocycles. The summed E-state index contributed by atoms with van der Waals surface area (Å²) in [5.74, 6) is -1.54. The quantitative estimate of drug-likeness (QED) is 0.206. The maximum atomic E-state index is 11.6. The summed E-state index contributed by atoms with van der Waals surface area (Å²) in [6, 6.07) is 0. The molecular weight excluding hydrogens is 448 g/mol. The van der Waals surface area contributed by atoms with Crippen LogP contribution in [0.2, 0.25) is 0 Å². The molecule has 2 unspecified atom stereocenters. The Kier molecular flexibility index (Phi) is 9.63. The SMILES string of the molecule is CCCCOC1C(OC(C)=O)[C@H](OC(C)=O)OC1(COS(C)(=O)=O)COS(C)(=O)=O. The van der Waals surface area contributed by atoms with E-state index in [-0.39, 0.29) is 6.61 Å². The molecule has 1 heterocycles. The van der Waals surface area contributed by atoms with Crippen LogP contribution in [0.1, 0.15) is 33.6 Å². The summed E-state index contributed by atoms with van der Waals surface area (Å²) in [6.45, 7) is 2.73. The zero-order valence-electron chi connectivity index (χ0n) is 17.5. The van der Waals surface area contributed by atoms with E-state index in [4.69, 9.17) is 27.3 Å². The minimum Gasteiger partial charge on any atom is -0.453 e. The molecule has 0 N–H and O–H groups in total. The molecule has 0 radical (unpaired) electrons. The zero-order chi connectivity index (χ0) is 23.2. The van der Waals surface area contributed by atoms with E-state index in [1.54, 1.807) is 0 Å². The molecule has 0 aromatic heterocycles. The second-order valence-corrected chi connectivity index (χ2v) is 10.1. The number of carbonyl (C=O) groups is 2. The zero-order valence-corrected chi connectivity index (χ0v) is 19.1. The molecule has 1 fully saturated rings. The first-order valence-corrected chi connectivity index (χ1v) is 12.6. The van der Waals surface area contributed by atoms with E-state index in [0.29, 0.717) is 6.42 Å². The molecule has 1 saturated heterocycles. The normalized spacial score (nSPS) is 23.8. The van der Waals surface area contributed by atoms with Gasteiger partial charge in [-0.1, -0.05) is 13.3 Å². The van der Waals surface area contributed by atoms with E-state index in [2.05, 4.69) is 0 Å². The van der Waals surface area contributed by atoms with Gasteiger partial charge < -0.3 is 18.9 Å². The van der Waals surface area contributed by atoms with Crippen molar-refractivity contribution in [3.63, 3.8) is 0 Å². The molecule has 3 atom stereocenters. The highest BCUT2D eigenvalue weighted by atomic mass is 32.2. The number of esters is 2. The Labute approximate surface area is 176 Å². The van der Waals surface area contributed by atoms with Crippen LogP contribution in [0, 0.1) is 0 Å². The van der Waals surface area contributed by atoms with Crippen molar-refractivity contribution in [1.82, 2.24) is 0 Å². The fraction of sp³-hybridized carbons (Fsp3) is 0.875. The van der Waals surface area contributed by atoms with Crippen LogP contribution in [0.15, 0.2) is 0 Å². The Morgan fingerprint density at radius 2 is 1.43 bits per heavy atom. The van der Waals surface area contributed by atoms with Gasteiger partial charge in [0.1, 0.15) is 19.3 Å². The fourth-order valence-electron chi connectivity index (χ4n) is 2.66. The van der Waals surface area contributed by atoms with Gasteiger partial charge in [-0.3, -0.25) is 18.0 Å². The third-order valence-corrected chi connectivity index (χ3v) is 4.94. The molecule has 1 rings (SSSR count). The number of hydrogen-bond acceptors (Lipinski definition) is 12. The summed E-state index contributed by atoms with van der Waals surface area (Å²) in [7, 11) is -7.98. The van der Waals surface area contributed by atoms with Gasteiger partial charge in [0.2, 0.25) is 6.29 Å². The van der Waals surface area contributed by atoms with Crippen LogP contribution in [-0.4, -0.2) is 85.2 Å². The van der Waals surface area contributed by atoms with Crippen molar-refractivity contribution < 1.29 is 53.7 Å². The van der Waals surface area contributed by atoms with Crippen molar-refractivity contribution in [3.05, 3.63) is 0 Å². The molecule has 0 amide bonds. The Morgan fingerprint density at radius 3 is 1.83 bits per heavy atom. The summed E-state index contributed by atoms with van der Waals surface area (Å²) in [5, 5.41) is 0. The standard InChI is InChI=1S/C16H28O12S2/c1-6-7-8-23-14-13(26-11(2)17)15(27-12(3)18)28-16(14,9-24-29(4,19)20)10-25-30(5,21)22/h13-15H,6-10H2,1-5H3/t13?,14?,15-/m1/s1. The van der Waals surface area contributed by atoms with E-state index >= 15 is 0 Å². The van der Waals surface area contributed by atoms with Crippen LogP contribution in [0.5, 0.6) is 0 Å². The molecule has 0 aromatic rings. The molecule has 0 aromatic carbocycles. The van der Waals surface area contributed by atoms with Crippen LogP contribution in [-0.2, 0) is 57.1 Å². The fourth-order valence-corrected chi connectivity index (χ4v) is 3.49. The van der Waals surface area contributed by atoms with Crippen LogP contribution in [0.25, 0.3) is 0 Å². The Balaban J connectivity index is 3.40. The van der Waals surface area contributed by atoms with Crippen molar-refractivity contribution in [2.75, 3.05) is 32.3 Å². The largest absolute Gasteiger partial charge is 0.453 e. The Bertz CT molecular complexity index is 768. The van der Waals surface area contributed by atoms with E-state index in [0.717, 1.165) is 32.8 Å². The van der Waals surface area contributed by atoms with E-state index in [1.165, 1.54) is 0 Å². The molecular formula is C16H28O12S2. The van der Waals surface area contributed by atoms with Crippen molar-refractivity contribution in [1.29, 1.82) is 0 Å². The van der Waals surface area contributed by atoms with Gasteiger partial charge >= 0.3 is 11.9 Å². The van der Waals surface area contributed by atoms with Crippen LogP contribution >= 0.6 is 0 Å². The van der Waals surface area contributed by atoms with Crippen LogP contribution < -0.4 is 0 Å². The average molecular weight is 477 g/mol. The summed E-state index contributed by atoms with van der Waals surface area (Å²) in [4.78, 5) is 23.1. The average Bonchev–Trinajstić information content (AvgIpc) is 2.83.